The molecule has 3 nitrogen and oxygen atoms in total. The largest absolute Gasteiger partial charge is 0.356 e. The standard InChI is InChI=1S/C14H28N2O/c1-14(2,8-5-9-15)11-16-13(17)10-12-6-3-4-7-12/h12H,3-11,15H2,1-2H3,(H,16,17). The minimum atomic E-state index is 0.171. The first kappa shape index (κ1) is 14.5. The molecule has 0 unspecified atom stereocenters. The average molecular weight is 240 g/mol. The molecule has 0 radical (unpaired) electrons. The molecular formula is C14H28N2O. The van der Waals surface area contributed by atoms with E-state index < -0.39 is 0 Å². The average Bonchev–Trinajstić information content (AvgIpc) is 2.77. The van der Waals surface area contributed by atoms with Crippen LogP contribution in [-0.2, 0) is 4.79 Å². The molecule has 0 spiro atoms. The Morgan fingerprint density at radius 2 is 2.00 bits per heavy atom. The molecule has 1 aliphatic carbocycles. The lowest BCUT2D eigenvalue weighted by Crippen LogP contribution is -2.35. The maximum Gasteiger partial charge on any atom is 0.220 e. The van der Waals surface area contributed by atoms with Crippen LogP contribution in [0.5, 0.6) is 0 Å². The molecule has 1 aliphatic rings. The number of hydrogen-bond acceptors (Lipinski definition) is 2. The Morgan fingerprint density at radius 3 is 2.59 bits per heavy atom. The molecule has 1 amide bonds. The molecule has 0 heterocycles. The summed E-state index contributed by atoms with van der Waals surface area (Å²) < 4.78 is 0. The zero-order valence-corrected chi connectivity index (χ0v) is 11.4. The molecule has 0 atom stereocenters. The van der Waals surface area contributed by atoms with Crippen LogP contribution in [0.15, 0.2) is 0 Å². The smallest absolute Gasteiger partial charge is 0.220 e. The minimum Gasteiger partial charge on any atom is -0.356 e. The van der Waals surface area contributed by atoms with Crippen LogP contribution in [0.25, 0.3) is 0 Å². The Hall–Kier alpha value is -0.570. The molecule has 0 aromatic heterocycles. The first-order chi connectivity index (χ1) is 8.03. The van der Waals surface area contributed by atoms with Crippen LogP contribution >= 0.6 is 0 Å². The van der Waals surface area contributed by atoms with Gasteiger partial charge < -0.3 is 11.1 Å². The maximum atomic E-state index is 11.8. The molecule has 0 aromatic carbocycles. The van der Waals surface area contributed by atoms with E-state index in [-0.39, 0.29) is 11.3 Å². The summed E-state index contributed by atoms with van der Waals surface area (Å²) in [5, 5.41) is 3.08. The summed E-state index contributed by atoms with van der Waals surface area (Å²) in [7, 11) is 0. The van der Waals surface area contributed by atoms with Crippen molar-refractivity contribution in [2.45, 2.75) is 58.8 Å². The first-order valence-electron chi connectivity index (χ1n) is 7.00. The number of nitrogens with two attached hydrogens (primary N) is 1. The van der Waals surface area contributed by atoms with Crippen molar-refractivity contribution in [3.63, 3.8) is 0 Å². The molecule has 0 aliphatic heterocycles. The van der Waals surface area contributed by atoms with Gasteiger partial charge in [-0.05, 0) is 43.6 Å². The van der Waals surface area contributed by atoms with E-state index in [9.17, 15) is 4.79 Å². The van der Waals surface area contributed by atoms with Crippen LogP contribution in [0.1, 0.15) is 58.8 Å². The van der Waals surface area contributed by atoms with E-state index in [0.29, 0.717) is 5.92 Å². The summed E-state index contributed by atoms with van der Waals surface area (Å²) in [5.41, 5.74) is 5.68. The monoisotopic (exact) mass is 240 g/mol. The Balaban J connectivity index is 2.17. The highest BCUT2D eigenvalue weighted by Crippen LogP contribution is 2.27. The van der Waals surface area contributed by atoms with Crippen LogP contribution in [0, 0.1) is 11.3 Å². The van der Waals surface area contributed by atoms with Crippen LogP contribution < -0.4 is 11.1 Å². The Kier molecular flexibility index (Phi) is 5.96. The van der Waals surface area contributed by atoms with Gasteiger partial charge in [0, 0.05) is 13.0 Å². The van der Waals surface area contributed by atoms with Crippen molar-refractivity contribution in [1.82, 2.24) is 5.32 Å². The van der Waals surface area contributed by atoms with Crippen molar-refractivity contribution < 1.29 is 4.79 Å². The molecule has 1 rings (SSSR count). The highest BCUT2D eigenvalue weighted by molar-refractivity contribution is 5.76. The summed E-state index contributed by atoms with van der Waals surface area (Å²) in [6.45, 7) is 5.90. The molecule has 3 heteroatoms. The SMILES string of the molecule is CC(C)(CCCN)CNC(=O)CC1CCCC1. The van der Waals surface area contributed by atoms with Crippen molar-refractivity contribution in [3.05, 3.63) is 0 Å². The number of nitrogens with one attached hydrogen (secondary N) is 1. The molecule has 0 bridgehead atoms. The summed E-state index contributed by atoms with van der Waals surface area (Å²) in [6, 6.07) is 0. The number of rotatable bonds is 7. The normalized spacial score (nSPS) is 17.4. The van der Waals surface area contributed by atoms with E-state index in [4.69, 9.17) is 5.73 Å². The Morgan fingerprint density at radius 1 is 1.35 bits per heavy atom. The summed E-state index contributed by atoms with van der Waals surface area (Å²) >= 11 is 0. The number of carbonyl (C=O) groups excluding carboxylic acids is 1. The van der Waals surface area contributed by atoms with Crippen molar-refractivity contribution in [1.29, 1.82) is 0 Å². The Labute approximate surface area is 106 Å². The third kappa shape index (κ3) is 6.06. The van der Waals surface area contributed by atoms with Gasteiger partial charge in [-0.3, -0.25) is 4.79 Å². The van der Waals surface area contributed by atoms with Crippen LogP contribution in [0.4, 0.5) is 0 Å². The van der Waals surface area contributed by atoms with Gasteiger partial charge in [0.05, 0.1) is 0 Å². The summed E-state index contributed by atoms with van der Waals surface area (Å²) in [4.78, 5) is 11.8. The highest BCUT2D eigenvalue weighted by Gasteiger charge is 2.21. The zero-order chi connectivity index (χ0) is 12.7. The van der Waals surface area contributed by atoms with E-state index in [0.717, 1.165) is 32.4 Å². The van der Waals surface area contributed by atoms with Gasteiger partial charge in [0.2, 0.25) is 5.91 Å². The molecule has 1 saturated carbocycles. The lowest BCUT2D eigenvalue weighted by atomic mass is 9.87. The molecule has 0 saturated heterocycles. The fourth-order valence-corrected chi connectivity index (χ4v) is 2.56. The van der Waals surface area contributed by atoms with Gasteiger partial charge in [-0.15, -0.1) is 0 Å². The molecule has 1 fully saturated rings. The second kappa shape index (κ2) is 7.00. The van der Waals surface area contributed by atoms with Crippen molar-refractivity contribution >= 4 is 5.91 Å². The number of amides is 1. The van der Waals surface area contributed by atoms with E-state index in [1.807, 2.05) is 0 Å². The third-order valence-electron chi connectivity index (χ3n) is 3.77. The van der Waals surface area contributed by atoms with Gasteiger partial charge in [0.1, 0.15) is 0 Å². The molecule has 3 N–H and O–H groups in total. The lowest BCUT2D eigenvalue weighted by Gasteiger charge is -2.25. The van der Waals surface area contributed by atoms with E-state index in [1.165, 1.54) is 25.7 Å². The van der Waals surface area contributed by atoms with Crippen LogP contribution in [0.3, 0.4) is 0 Å². The predicted octanol–water partition coefficient (Wildman–Crippen LogP) is 2.45. The van der Waals surface area contributed by atoms with Gasteiger partial charge >= 0.3 is 0 Å². The van der Waals surface area contributed by atoms with E-state index in [2.05, 4.69) is 19.2 Å². The topological polar surface area (TPSA) is 55.1 Å². The van der Waals surface area contributed by atoms with Crippen LogP contribution in [-0.4, -0.2) is 19.0 Å². The minimum absolute atomic E-state index is 0.171. The third-order valence-corrected chi connectivity index (χ3v) is 3.77. The predicted molar refractivity (Wildman–Crippen MR) is 71.7 cm³/mol. The molecule has 0 aromatic rings. The van der Waals surface area contributed by atoms with Gasteiger partial charge in [0.25, 0.3) is 0 Å². The Bertz CT molecular complexity index is 232. The van der Waals surface area contributed by atoms with Crippen molar-refractivity contribution in [2.75, 3.05) is 13.1 Å². The molecule has 100 valence electrons. The quantitative estimate of drug-likeness (QED) is 0.718. The second-order valence-corrected chi connectivity index (χ2v) is 6.19. The van der Waals surface area contributed by atoms with Crippen LogP contribution in [0.2, 0.25) is 0 Å². The summed E-state index contributed by atoms with van der Waals surface area (Å²) in [5.74, 6) is 0.875. The van der Waals surface area contributed by atoms with Crippen molar-refractivity contribution in [2.24, 2.45) is 17.1 Å². The van der Waals surface area contributed by atoms with Crippen molar-refractivity contribution in [3.8, 4) is 0 Å². The number of carbonyl (C=O) groups is 1. The summed E-state index contributed by atoms with van der Waals surface area (Å²) in [6.07, 6.45) is 7.93. The van der Waals surface area contributed by atoms with E-state index >= 15 is 0 Å². The second-order valence-electron chi connectivity index (χ2n) is 6.19. The highest BCUT2D eigenvalue weighted by atomic mass is 16.1. The first-order valence-corrected chi connectivity index (χ1v) is 7.00. The van der Waals surface area contributed by atoms with E-state index in [1.54, 1.807) is 0 Å². The van der Waals surface area contributed by atoms with Gasteiger partial charge in [-0.1, -0.05) is 26.7 Å². The van der Waals surface area contributed by atoms with Gasteiger partial charge in [0.15, 0.2) is 0 Å². The molecular weight excluding hydrogens is 212 g/mol. The molecule has 17 heavy (non-hydrogen) atoms. The lowest BCUT2D eigenvalue weighted by molar-refractivity contribution is -0.122. The fraction of sp³-hybridized carbons (Fsp3) is 0.929. The zero-order valence-electron chi connectivity index (χ0n) is 11.4. The maximum absolute atomic E-state index is 11.8. The fourth-order valence-electron chi connectivity index (χ4n) is 2.56. The number of hydrogen-bond donors (Lipinski definition) is 2. The van der Waals surface area contributed by atoms with Gasteiger partial charge in [-0.2, -0.15) is 0 Å². The van der Waals surface area contributed by atoms with Gasteiger partial charge in [-0.25, -0.2) is 0 Å².